The zero-order chi connectivity index (χ0) is 15.6. The second-order valence-corrected chi connectivity index (χ2v) is 20.2. The summed E-state index contributed by atoms with van der Waals surface area (Å²) in [6.07, 6.45) is 8.35. The maximum atomic E-state index is 2.71. The van der Waals surface area contributed by atoms with Crippen molar-refractivity contribution >= 4 is 16.1 Å². The fraction of sp³-hybridized carbons (Fsp3) is 1.00. The van der Waals surface area contributed by atoms with Gasteiger partial charge >= 0.3 is 0 Å². The quantitative estimate of drug-likeness (QED) is 0.686. The van der Waals surface area contributed by atoms with Crippen molar-refractivity contribution in [1.82, 2.24) is 9.80 Å². The van der Waals surface area contributed by atoms with Crippen LogP contribution in [0.2, 0.25) is 39.3 Å². The van der Waals surface area contributed by atoms with E-state index in [2.05, 4.69) is 63.2 Å². The van der Waals surface area contributed by atoms with Crippen molar-refractivity contribution in [1.29, 1.82) is 0 Å². The van der Waals surface area contributed by atoms with Crippen LogP contribution in [0.1, 0.15) is 25.7 Å². The largest absolute Gasteiger partial charge is 0.305 e. The van der Waals surface area contributed by atoms with E-state index >= 15 is 0 Å². The Balaban J connectivity index is 2.71. The molecule has 2 nitrogen and oxygen atoms in total. The zero-order valence-electron chi connectivity index (χ0n) is 15.3. The molecule has 120 valence electrons. The third kappa shape index (κ3) is 6.41. The Labute approximate surface area is 129 Å². The molecule has 20 heavy (non-hydrogen) atoms. The van der Waals surface area contributed by atoms with Crippen LogP contribution in [-0.2, 0) is 0 Å². The lowest BCUT2D eigenvalue weighted by Gasteiger charge is -2.45. The molecule has 0 aromatic carbocycles. The molecule has 0 aliphatic heterocycles. The third-order valence-corrected chi connectivity index (χ3v) is 7.17. The highest BCUT2D eigenvalue weighted by Gasteiger charge is 2.34. The van der Waals surface area contributed by atoms with Crippen LogP contribution in [0, 0.1) is 0 Å². The van der Waals surface area contributed by atoms with Gasteiger partial charge in [-0.1, -0.05) is 52.1 Å². The maximum Gasteiger partial charge on any atom is 0.0599 e. The summed E-state index contributed by atoms with van der Waals surface area (Å²) in [5.74, 6) is 0. The Morgan fingerprint density at radius 2 is 1.00 bits per heavy atom. The molecular formula is C16H38N2Si2. The summed E-state index contributed by atoms with van der Waals surface area (Å²) in [5, 5.41) is 0. The summed E-state index contributed by atoms with van der Waals surface area (Å²) in [4.78, 5) is 5.41. The van der Waals surface area contributed by atoms with E-state index in [1.807, 2.05) is 0 Å². The SMILES string of the molecule is CN(C[Si](C)(C)C)[C@@H]1CCCC[C@H]1N(C)C[Si](C)(C)C. The van der Waals surface area contributed by atoms with E-state index in [9.17, 15) is 0 Å². The van der Waals surface area contributed by atoms with E-state index in [4.69, 9.17) is 0 Å². The summed E-state index contributed by atoms with van der Waals surface area (Å²) in [6, 6.07) is 1.58. The fourth-order valence-corrected chi connectivity index (χ4v) is 7.31. The van der Waals surface area contributed by atoms with E-state index < -0.39 is 16.1 Å². The lowest BCUT2D eigenvalue weighted by Crippen LogP contribution is -2.56. The normalized spacial score (nSPS) is 25.5. The molecule has 1 aliphatic carbocycles. The van der Waals surface area contributed by atoms with Gasteiger partial charge in [-0.3, -0.25) is 0 Å². The summed E-state index contributed by atoms with van der Waals surface area (Å²) < 4.78 is 0. The molecule has 0 N–H and O–H groups in total. The average molecular weight is 315 g/mol. The van der Waals surface area contributed by atoms with Gasteiger partial charge in [0.05, 0.1) is 16.1 Å². The van der Waals surface area contributed by atoms with Gasteiger partial charge in [-0.25, -0.2) is 0 Å². The van der Waals surface area contributed by atoms with Gasteiger partial charge in [0.1, 0.15) is 0 Å². The Bertz CT molecular complexity index is 264. The monoisotopic (exact) mass is 314 g/mol. The van der Waals surface area contributed by atoms with Gasteiger partial charge < -0.3 is 9.80 Å². The molecule has 1 aliphatic rings. The highest BCUT2D eigenvalue weighted by molar-refractivity contribution is 6.76. The highest BCUT2D eigenvalue weighted by atomic mass is 28.3. The summed E-state index contributed by atoms with van der Waals surface area (Å²) in [7, 11) is 2.76. The van der Waals surface area contributed by atoms with Crippen LogP contribution in [0.4, 0.5) is 0 Å². The minimum atomic E-state index is -0.999. The Hall–Kier alpha value is 0.354. The minimum Gasteiger partial charge on any atom is -0.305 e. The molecule has 0 aromatic heterocycles. The van der Waals surface area contributed by atoms with Crippen LogP contribution in [0.15, 0.2) is 0 Å². The molecule has 1 fully saturated rings. The smallest absolute Gasteiger partial charge is 0.0599 e. The van der Waals surface area contributed by atoms with Crippen molar-refractivity contribution in [3.63, 3.8) is 0 Å². The van der Waals surface area contributed by atoms with Gasteiger partial charge in [0.15, 0.2) is 0 Å². The van der Waals surface area contributed by atoms with Crippen molar-refractivity contribution in [2.45, 2.75) is 77.0 Å². The average Bonchev–Trinajstić information content (AvgIpc) is 2.24. The van der Waals surface area contributed by atoms with Gasteiger partial charge in [0.2, 0.25) is 0 Å². The Morgan fingerprint density at radius 1 is 0.700 bits per heavy atom. The van der Waals surface area contributed by atoms with Gasteiger partial charge in [-0.15, -0.1) is 0 Å². The van der Waals surface area contributed by atoms with Gasteiger partial charge in [0.25, 0.3) is 0 Å². The molecule has 0 aromatic rings. The molecule has 1 saturated carbocycles. The molecule has 0 heterocycles. The van der Waals surface area contributed by atoms with Gasteiger partial charge in [0, 0.05) is 12.1 Å². The van der Waals surface area contributed by atoms with E-state index in [1.54, 1.807) is 0 Å². The predicted molar refractivity (Wildman–Crippen MR) is 98.0 cm³/mol. The van der Waals surface area contributed by atoms with Crippen molar-refractivity contribution in [2.75, 3.05) is 26.4 Å². The van der Waals surface area contributed by atoms with Crippen LogP contribution in [0.25, 0.3) is 0 Å². The number of rotatable bonds is 6. The molecule has 4 heteroatoms. The lowest BCUT2D eigenvalue weighted by atomic mass is 9.89. The van der Waals surface area contributed by atoms with E-state index in [0.29, 0.717) is 0 Å². The van der Waals surface area contributed by atoms with E-state index in [0.717, 1.165) is 12.1 Å². The van der Waals surface area contributed by atoms with Crippen molar-refractivity contribution in [2.24, 2.45) is 0 Å². The summed E-state index contributed by atoms with van der Waals surface area (Å²) >= 11 is 0. The predicted octanol–water partition coefficient (Wildman–Crippen LogP) is 3.92. The number of hydrogen-bond donors (Lipinski definition) is 0. The Kier molecular flexibility index (Phi) is 6.51. The molecule has 0 spiro atoms. The third-order valence-electron chi connectivity index (χ3n) is 4.27. The topological polar surface area (TPSA) is 6.48 Å². The first-order chi connectivity index (χ1) is 8.99. The highest BCUT2D eigenvalue weighted by Crippen LogP contribution is 2.27. The first-order valence-electron chi connectivity index (χ1n) is 8.40. The Morgan fingerprint density at radius 3 is 1.25 bits per heavy atom. The fourth-order valence-electron chi connectivity index (χ4n) is 3.85. The van der Waals surface area contributed by atoms with E-state index in [1.165, 1.54) is 38.0 Å². The van der Waals surface area contributed by atoms with Crippen LogP contribution < -0.4 is 0 Å². The van der Waals surface area contributed by atoms with E-state index in [-0.39, 0.29) is 0 Å². The summed E-state index contributed by atoms with van der Waals surface area (Å²) in [6.45, 7) is 15.0. The molecule has 0 radical (unpaired) electrons. The van der Waals surface area contributed by atoms with Gasteiger partial charge in [-0.05, 0) is 39.3 Å². The number of hydrogen-bond acceptors (Lipinski definition) is 2. The van der Waals surface area contributed by atoms with Crippen LogP contribution >= 0.6 is 0 Å². The molecule has 0 saturated heterocycles. The zero-order valence-corrected chi connectivity index (χ0v) is 17.3. The summed E-state index contributed by atoms with van der Waals surface area (Å²) in [5.41, 5.74) is 0. The number of nitrogens with zero attached hydrogens (tertiary/aromatic N) is 2. The first-order valence-corrected chi connectivity index (χ1v) is 15.8. The maximum absolute atomic E-state index is 2.71. The minimum absolute atomic E-state index is 0.789. The molecular weight excluding hydrogens is 276 g/mol. The van der Waals surface area contributed by atoms with Crippen LogP contribution in [0.5, 0.6) is 0 Å². The molecule has 2 atom stereocenters. The second kappa shape index (κ2) is 7.08. The number of likely N-dealkylation sites (N-methyl/N-ethyl adjacent to an activating group) is 2. The second-order valence-electron chi connectivity index (χ2n) is 9.37. The van der Waals surface area contributed by atoms with Crippen molar-refractivity contribution < 1.29 is 0 Å². The van der Waals surface area contributed by atoms with Gasteiger partial charge in [-0.2, -0.15) is 0 Å². The van der Waals surface area contributed by atoms with Crippen LogP contribution in [0.3, 0.4) is 0 Å². The standard InChI is InChI=1S/C16H38N2Si2/c1-17(13-19(3,4)5)15-11-9-10-12-16(15)18(2)14-20(6,7)8/h15-16H,9-14H2,1-8H3/t15-,16-/m1/s1. The van der Waals surface area contributed by atoms with Crippen molar-refractivity contribution in [3.8, 4) is 0 Å². The van der Waals surface area contributed by atoms with Crippen LogP contribution in [-0.4, -0.2) is 64.5 Å². The molecule has 0 unspecified atom stereocenters. The molecule has 1 rings (SSSR count). The lowest BCUT2D eigenvalue weighted by molar-refractivity contribution is 0.0971. The first kappa shape index (κ1) is 18.4. The molecule has 0 bridgehead atoms. The molecule has 0 amide bonds. The van der Waals surface area contributed by atoms with Crippen molar-refractivity contribution in [3.05, 3.63) is 0 Å².